The Labute approximate surface area is 155 Å². The van der Waals surface area contributed by atoms with Gasteiger partial charge in [0.2, 0.25) is 0 Å². The normalized spacial score (nSPS) is 24.0. The van der Waals surface area contributed by atoms with Crippen molar-refractivity contribution in [1.29, 1.82) is 0 Å². The van der Waals surface area contributed by atoms with E-state index in [1.807, 2.05) is 0 Å². The van der Waals surface area contributed by atoms with Gasteiger partial charge in [0.1, 0.15) is 0 Å². The Hall–Kier alpha value is -0.256. The van der Waals surface area contributed by atoms with Gasteiger partial charge in [-0.25, -0.2) is 0 Å². The maximum atomic E-state index is 6.61. The molecule has 0 aromatic heterocycles. The van der Waals surface area contributed by atoms with Crippen LogP contribution in [0, 0.1) is 0 Å². The Morgan fingerprint density at radius 2 is 1.29 bits per heavy atom. The van der Waals surface area contributed by atoms with E-state index >= 15 is 0 Å². The van der Waals surface area contributed by atoms with Gasteiger partial charge in [0.25, 0.3) is 0 Å². The first-order chi connectivity index (χ1) is 11.0. The van der Waals surface area contributed by atoms with E-state index in [9.17, 15) is 0 Å². The summed E-state index contributed by atoms with van der Waals surface area (Å²) < 4.78 is 0. The zero-order chi connectivity index (χ0) is 17.7. The number of hydrogen-bond acceptors (Lipinski definition) is 1. The number of benzene rings is 1. The predicted molar refractivity (Wildman–Crippen MR) is 115 cm³/mol. The highest BCUT2D eigenvalue weighted by Gasteiger charge is 2.36. The standard InChI is InChI=1S/C20H34ClNSi2/c1-23(2,3)13-15-7-9-22-10-8-16(14-24(4,5)6)19-12-17(21)11-18(15)20(19)22/h11-12,15-16H,7-10,13-14H2,1-6H3. The molecule has 0 spiro atoms. The molecule has 1 aromatic rings. The van der Waals surface area contributed by atoms with Crippen molar-refractivity contribution in [2.24, 2.45) is 0 Å². The molecule has 2 atom stereocenters. The lowest BCUT2D eigenvalue weighted by atomic mass is 9.82. The van der Waals surface area contributed by atoms with Gasteiger partial charge in [-0.05, 0) is 47.9 Å². The Kier molecular flexibility index (Phi) is 5.00. The highest BCUT2D eigenvalue weighted by molar-refractivity contribution is 6.76. The SMILES string of the molecule is C[Si](C)(C)CC1CCN2CCC(C[Si](C)(C)C)c3cc(Cl)cc1c32. The summed E-state index contributed by atoms with van der Waals surface area (Å²) in [5.41, 5.74) is 4.74. The molecule has 2 aliphatic heterocycles. The number of nitrogens with zero attached hydrogens (tertiary/aromatic N) is 1. The summed E-state index contributed by atoms with van der Waals surface area (Å²) in [6, 6.07) is 7.39. The first kappa shape index (κ1) is 18.5. The van der Waals surface area contributed by atoms with Crippen LogP contribution < -0.4 is 4.90 Å². The Morgan fingerprint density at radius 1 is 0.875 bits per heavy atom. The fourth-order valence-corrected chi connectivity index (χ4v) is 8.84. The minimum atomic E-state index is -1.07. The van der Waals surface area contributed by atoms with Crippen molar-refractivity contribution < 1.29 is 0 Å². The second-order valence-electron chi connectivity index (χ2n) is 10.4. The summed E-state index contributed by atoms with van der Waals surface area (Å²) in [5, 5.41) is 0.966. The molecule has 0 radical (unpaired) electrons. The molecular formula is C20H34ClNSi2. The van der Waals surface area contributed by atoms with Crippen LogP contribution >= 0.6 is 11.6 Å². The minimum absolute atomic E-state index is 0.728. The largest absolute Gasteiger partial charge is 0.371 e. The molecule has 0 fully saturated rings. The molecule has 0 aliphatic carbocycles. The molecule has 2 aliphatic rings. The molecule has 0 saturated heterocycles. The molecule has 1 aromatic carbocycles. The van der Waals surface area contributed by atoms with E-state index in [-0.39, 0.29) is 0 Å². The van der Waals surface area contributed by atoms with E-state index in [4.69, 9.17) is 11.6 Å². The highest BCUT2D eigenvalue weighted by atomic mass is 35.5. The van der Waals surface area contributed by atoms with Crippen molar-refractivity contribution in [1.82, 2.24) is 0 Å². The van der Waals surface area contributed by atoms with E-state index in [0.717, 1.165) is 16.9 Å². The summed E-state index contributed by atoms with van der Waals surface area (Å²) in [5.74, 6) is 1.46. The molecule has 1 nitrogen and oxygen atoms in total. The van der Waals surface area contributed by atoms with E-state index < -0.39 is 16.1 Å². The van der Waals surface area contributed by atoms with Crippen LogP contribution in [0.15, 0.2) is 12.1 Å². The Bertz CT molecular complexity index is 566. The number of anilines is 1. The molecule has 0 N–H and O–H groups in total. The summed E-state index contributed by atoms with van der Waals surface area (Å²) in [6.45, 7) is 17.5. The molecule has 4 heteroatoms. The quantitative estimate of drug-likeness (QED) is 0.520. The lowest BCUT2D eigenvalue weighted by Crippen LogP contribution is -2.39. The Morgan fingerprint density at radius 3 is 1.67 bits per heavy atom. The number of rotatable bonds is 4. The summed E-state index contributed by atoms with van der Waals surface area (Å²) in [7, 11) is -2.14. The van der Waals surface area contributed by atoms with Gasteiger partial charge in [-0.2, -0.15) is 0 Å². The smallest absolute Gasteiger partial charge is 0.0448 e. The zero-order valence-corrected chi connectivity index (χ0v) is 19.1. The monoisotopic (exact) mass is 379 g/mol. The highest BCUT2D eigenvalue weighted by Crippen LogP contribution is 2.49. The van der Waals surface area contributed by atoms with Gasteiger partial charge in [0.15, 0.2) is 0 Å². The maximum Gasteiger partial charge on any atom is 0.0448 e. The summed E-state index contributed by atoms with van der Waals surface area (Å²) >= 11 is 6.61. The Balaban J connectivity index is 2.03. The van der Waals surface area contributed by atoms with Crippen LogP contribution in [0.5, 0.6) is 0 Å². The van der Waals surface area contributed by atoms with Gasteiger partial charge < -0.3 is 4.90 Å². The molecular weight excluding hydrogens is 346 g/mol. The topological polar surface area (TPSA) is 3.24 Å². The molecule has 2 heterocycles. The van der Waals surface area contributed by atoms with Crippen molar-refractivity contribution >= 4 is 33.4 Å². The van der Waals surface area contributed by atoms with Gasteiger partial charge in [-0.3, -0.25) is 0 Å². The van der Waals surface area contributed by atoms with Crippen LogP contribution in [-0.4, -0.2) is 29.2 Å². The van der Waals surface area contributed by atoms with Crippen molar-refractivity contribution in [2.45, 2.75) is 76.0 Å². The second kappa shape index (κ2) is 6.48. The molecule has 134 valence electrons. The minimum Gasteiger partial charge on any atom is -0.371 e. The van der Waals surface area contributed by atoms with Crippen molar-refractivity contribution in [3.63, 3.8) is 0 Å². The third-order valence-electron chi connectivity index (χ3n) is 5.54. The van der Waals surface area contributed by atoms with Gasteiger partial charge >= 0.3 is 0 Å². The maximum absolute atomic E-state index is 6.61. The molecule has 2 unspecified atom stereocenters. The molecule has 24 heavy (non-hydrogen) atoms. The zero-order valence-electron chi connectivity index (χ0n) is 16.4. The van der Waals surface area contributed by atoms with Crippen LogP contribution in [0.3, 0.4) is 0 Å². The van der Waals surface area contributed by atoms with E-state index in [0.29, 0.717) is 0 Å². The molecule has 0 saturated carbocycles. The van der Waals surface area contributed by atoms with E-state index in [1.165, 1.54) is 38.0 Å². The molecule has 3 rings (SSSR count). The molecule has 0 bridgehead atoms. The van der Waals surface area contributed by atoms with Crippen LogP contribution in [0.1, 0.15) is 35.8 Å². The number of hydrogen-bond donors (Lipinski definition) is 0. The third-order valence-corrected chi connectivity index (χ3v) is 9.20. The van der Waals surface area contributed by atoms with Crippen molar-refractivity contribution in [3.8, 4) is 0 Å². The van der Waals surface area contributed by atoms with Gasteiger partial charge in [0.05, 0.1) is 0 Å². The average molecular weight is 380 g/mol. The van der Waals surface area contributed by atoms with E-state index in [1.54, 1.807) is 16.8 Å². The van der Waals surface area contributed by atoms with Crippen LogP contribution in [0.2, 0.25) is 56.4 Å². The van der Waals surface area contributed by atoms with Gasteiger partial charge in [-0.15, -0.1) is 0 Å². The lowest BCUT2D eigenvalue weighted by molar-refractivity contribution is 0.543. The second-order valence-corrected chi connectivity index (χ2v) is 21.9. The summed E-state index contributed by atoms with van der Waals surface area (Å²) in [6.07, 6.45) is 2.63. The van der Waals surface area contributed by atoms with Crippen molar-refractivity contribution in [2.75, 3.05) is 18.0 Å². The third kappa shape index (κ3) is 4.10. The fourth-order valence-electron chi connectivity index (χ4n) is 4.80. The fraction of sp³-hybridized carbons (Fsp3) is 0.700. The van der Waals surface area contributed by atoms with Crippen LogP contribution in [-0.2, 0) is 0 Å². The van der Waals surface area contributed by atoms with Gasteiger partial charge in [-0.1, -0.05) is 63.0 Å². The summed E-state index contributed by atoms with van der Waals surface area (Å²) in [4.78, 5) is 2.67. The first-order valence-corrected chi connectivity index (χ1v) is 17.4. The number of halogens is 1. The first-order valence-electron chi connectivity index (χ1n) is 9.62. The lowest BCUT2D eigenvalue weighted by Gasteiger charge is -2.44. The van der Waals surface area contributed by atoms with Gasteiger partial charge in [0, 0.05) is 39.9 Å². The van der Waals surface area contributed by atoms with Crippen LogP contribution in [0.25, 0.3) is 0 Å². The van der Waals surface area contributed by atoms with Crippen LogP contribution in [0.4, 0.5) is 5.69 Å². The molecule has 0 amide bonds. The van der Waals surface area contributed by atoms with Crippen molar-refractivity contribution in [3.05, 3.63) is 28.3 Å². The average Bonchev–Trinajstić information content (AvgIpc) is 2.41. The predicted octanol–water partition coefficient (Wildman–Crippen LogP) is 6.80. The van der Waals surface area contributed by atoms with E-state index in [2.05, 4.69) is 56.3 Å².